The van der Waals surface area contributed by atoms with Gasteiger partial charge in [-0.15, -0.1) is 11.3 Å². The predicted molar refractivity (Wildman–Crippen MR) is 86.4 cm³/mol. The quantitative estimate of drug-likeness (QED) is 0.764. The molecule has 1 atom stereocenters. The van der Waals surface area contributed by atoms with Crippen LogP contribution in [-0.2, 0) is 6.42 Å². The van der Waals surface area contributed by atoms with Crippen molar-refractivity contribution >= 4 is 43.2 Å². The number of hydrogen-bond donors (Lipinski definition) is 1. The van der Waals surface area contributed by atoms with E-state index < -0.39 is 0 Å². The van der Waals surface area contributed by atoms with Crippen LogP contribution in [-0.4, -0.2) is 7.05 Å². The summed E-state index contributed by atoms with van der Waals surface area (Å²) in [4.78, 5) is 1.40. The minimum atomic E-state index is 0.242. The first kappa shape index (κ1) is 14.3. The average molecular weight is 389 g/mol. The van der Waals surface area contributed by atoms with Gasteiger partial charge in [-0.3, -0.25) is 0 Å². The number of thiophene rings is 1. The van der Waals surface area contributed by atoms with Crippen LogP contribution >= 0.6 is 43.2 Å². The summed E-state index contributed by atoms with van der Waals surface area (Å²) in [6.45, 7) is 2.20. The normalized spacial score (nSPS) is 12.7. The van der Waals surface area contributed by atoms with Crippen LogP contribution in [0.1, 0.15) is 29.0 Å². The van der Waals surface area contributed by atoms with Crippen molar-refractivity contribution in [1.29, 1.82) is 0 Å². The van der Waals surface area contributed by atoms with Crippen molar-refractivity contribution in [2.45, 2.75) is 19.4 Å². The van der Waals surface area contributed by atoms with Crippen LogP contribution in [0.4, 0.5) is 0 Å². The Morgan fingerprint density at radius 2 is 2.06 bits per heavy atom. The van der Waals surface area contributed by atoms with Crippen LogP contribution < -0.4 is 5.32 Å². The zero-order valence-electron chi connectivity index (χ0n) is 10.3. The molecular formula is C14H15Br2NS. The molecule has 4 heteroatoms. The number of rotatable bonds is 4. The van der Waals surface area contributed by atoms with Gasteiger partial charge in [0.1, 0.15) is 0 Å². The minimum absolute atomic E-state index is 0.242. The summed E-state index contributed by atoms with van der Waals surface area (Å²) in [5.74, 6) is 0. The molecule has 96 valence electrons. The molecule has 2 rings (SSSR count). The van der Waals surface area contributed by atoms with Crippen molar-refractivity contribution in [2.75, 3.05) is 7.05 Å². The molecule has 1 unspecified atom stereocenters. The van der Waals surface area contributed by atoms with Crippen molar-refractivity contribution in [3.05, 3.63) is 54.6 Å². The Balaban J connectivity index is 2.48. The molecule has 0 amide bonds. The van der Waals surface area contributed by atoms with Crippen LogP contribution in [0.5, 0.6) is 0 Å². The summed E-state index contributed by atoms with van der Waals surface area (Å²) in [6, 6.07) is 8.77. The van der Waals surface area contributed by atoms with Gasteiger partial charge in [-0.05, 0) is 54.2 Å². The molecule has 1 aromatic heterocycles. The Bertz CT molecular complexity index is 536. The van der Waals surface area contributed by atoms with Crippen molar-refractivity contribution in [3.63, 3.8) is 0 Å². The lowest BCUT2D eigenvalue weighted by atomic mass is 10.0. The molecule has 0 fully saturated rings. The molecule has 2 aromatic rings. The highest BCUT2D eigenvalue weighted by atomic mass is 79.9. The standard InChI is InChI=1S/C14H15Br2NS/c1-3-9-6-7-18-14(9)13(17-2)11-8-10(15)4-5-12(11)16/h4-8,13,17H,3H2,1-2H3. The maximum atomic E-state index is 3.65. The van der Waals surface area contributed by atoms with E-state index in [1.165, 1.54) is 16.0 Å². The summed E-state index contributed by atoms with van der Waals surface area (Å²) >= 11 is 9.01. The SMILES string of the molecule is CCc1ccsc1C(NC)c1cc(Br)ccc1Br. The summed E-state index contributed by atoms with van der Waals surface area (Å²) in [5, 5.41) is 5.59. The van der Waals surface area contributed by atoms with Gasteiger partial charge in [0.15, 0.2) is 0 Å². The second-order valence-electron chi connectivity index (χ2n) is 4.05. The van der Waals surface area contributed by atoms with Gasteiger partial charge in [0.05, 0.1) is 6.04 Å². The first-order chi connectivity index (χ1) is 8.67. The van der Waals surface area contributed by atoms with E-state index in [-0.39, 0.29) is 6.04 Å². The van der Waals surface area contributed by atoms with Crippen LogP contribution in [0.15, 0.2) is 38.6 Å². The van der Waals surface area contributed by atoms with Gasteiger partial charge in [-0.2, -0.15) is 0 Å². The third kappa shape index (κ3) is 2.87. The highest BCUT2D eigenvalue weighted by molar-refractivity contribution is 9.11. The molecule has 0 aliphatic heterocycles. The fraction of sp³-hybridized carbons (Fsp3) is 0.286. The Hall–Kier alpha value is -0.160. The second kappa shape index (κ2) is 6.33. The van der Waals surface area contributed by atoms with Gasteiger partial charge in [0.25, 0.3) is 0 Å². The highest BCUT2D eigenvalue weighted by Gasteiger charge is 2.19. The van der Waals surface area contributed by atoms with E-state index in [1.54, 1.807) is 0 Å². The van der Waals surface area contributed by atoms with E-state index in [0.717, 1.165) is 15.4 Å². The first-order valence-corrected chi connectivity index (χ1v) is 8.32. The topological polar surface area (TPSA) is 12.0 Å². The molecular weight excluding hydrogens is 374 g/mol. The molecule has 18 heavy (non-hydrogen) atoms. The van der Waals surface area contributed by atoms with Crippen molar-refractivity contribution in [2.24, 2.45) is 0 Å². The van der Waals surface area contributed by atoms with Crippen molar-refractivity contribution in [1.82, 2.24) is 5.32 Å². The number of hydrogen-bond acceptors (Lipinski definition) is 2. The molecule has 1 heterocycles. The molecule has 0 saturated carbocycles. The Labute approximate surface area is 129 Å². The third-order valence-electron chi connectivity index (χ3n) is 2.98. The fourth-order valence-electron chi connectivity index (χ4n) is 2.06. The number of nitrogens with one attached hydrogen (secondary N) is 1. The van der Waals surface area contributed by atoms with Gasteiger partial charge in [0, 0.05) is 13.8 Å². The molecule has 0 bridgehead atoms. The van der Waals surface area contributed by atoms with Gasteiger partial charge < -0.3 is 5.32 Å². The van der Waals surface area contributed by atoms with Gasteiger partial charge >= 0.3 is 0 Å². The van der Waals surface area contributed by atoms with E-state index in [1.807, 2.05) is 18.4 Å². The van der Waals surface area contributed by atoms with Gasteiger partial charge in [-0.25, -0.2) is 0 Å². The van der Waals surface area contributed by atoms with Crippen molar-refractivity contribution in [3.8, 4) is 0 Å². The Morgan fingerprint density at radius 1 is 1.28 bits per heavy atom. The van der Waals surface area contributed by atoms with Crippen LogP contribution in [0.3, 0.4) is 0 Å². The summed E-state index contributed by atoms with van der Waals surface area (Å²) in [6.07, 6.45) is 1.07. The minimum Gasteiger partial charge on any atom is -0.309 e. The Morgan fingerprint density at radius 3 is 2.72 bits per heavy atom. The van der Waals surface area contributed by atoms with Gasteiger partial charge in [-0.1, -0.05) is 38.8 Å². The lowest BCUT2D eigenvalue weighted by molar-refractivity contribution is 0.694. The zero-order chi connectivity index (χ0) is 13.1. The monoisotopic (exact) mass is 387 g/mol. The molecule has 0 aliphatic carbocycles. The predicted octanol–water partition coefficient (Wildman–Crippen LogP) is 5.14. The number of benzene rings is 1. The zero-order valence-corrected chi connectivity index (χ0v) is 14.3. The third-order valence-corrected chi connectivity index (χ3v) is 5.22. The lowest BCUT2D eigenvalue weighted by Gasteiger charge is -2.19. The molecule has 0 radical (unpaired) electrons. The largest absolute Gasteiger partial charge is 0.309 e. The maximum Gasteiger partial charge on any atom is 0.0682 e. The summed E-state index contributed by atoms with van der Waals surface area (Å²) < 4.78 is 2.25. The molecule has 0 spiro atoms. The Kier molecular flexibility index (Phi) is 5.01. The number of halogens is 2. The summed E-state index contributed by atoms with van der Waals surface area (Å²) in [7, 11) is 2.01. The first-order valence-electron chi connectivity index (χ1n) is 5.85. The van der Waals surface area contributed by atoms with E-state index >= 15 is 0 Å². The highest BCUT2D eigenvalue weighted by Crippen LogP contribution is 2.35. The van der Waals surface area contributed by atoms with Crippen LogP contribution in [0.25, 0.3) is 0 Å². The molecule has 0 saturated heterocycles. The van der Waals surface area contributed by atoms with E-state index in [9.17, 15) is 0 Å². The smallest absolute Gasteiger partial charge is 0.0682 e. The molecule has 1 nitrogen and oxygen atoms in total. The summed E-state index contributed by atoms with van der Waals surface area (Å²) in [5.41, 5.74) is 2.69. The number of aryl methyl sites for hydroxylation is 1. The van der Waals surface area contributed by atoms with E-state index in [0.29, 0.717) is 0 Å². The van der Waals surface area contributed by atoms with Crippen LogP contribution in [0, 0.1) is 0 Å². The molecule has 1 N–H and O–H groups in total. The average Bonchev–Trinajstić information content (AvgIpc) is 2.83. The molecule has 0 aliphatic rings. The van der Waals surface area contributed by atoms with Crippen LogP contribution in [0.2, 0.25) is 0 Å². The fourth-order valence-corrected chi connectivity index (χ4v) is 4.03. The van der Waals surface area contributed by atoms with E-state index in [4.69, 9.17) is 0 Å². The lowest BCUT2D eigenvalue weighted by Crippen LogP contribution is -2.18. The van der Waals surface area contributed by atoms with Gasteiger partial charge in [0.2, 0.25) is 0 Å². The van der Waals surface area contributed by atoms with Crippen molar-refractivity contribution < 1.29 is 0 Å². The van der Waals surface area contributed by atoms with E-state index in [2.05, 4.69) is 73.7 Å². The molecule has 1 aromatic carbocycles. The second-order valence-corrected chi connectivity index (χ2v) is 6.77. The maximum absolute atomic E-state index is 3.65.